The van der Waals surface area contributed by atoms with Gasteiger partial charge in [0.1, 0.15) is 10.8 Å². The van der Waals surface area contributed by atoms with E-state index < -0.39 is 0 Å². The topological polar surface area (TPSA) is 83.8 Å². The van der Waals surface area contributed by atoms with Gasteiger partial charge < -0.3 is 15.3 Å². The van der Waals surface area contributed by atoms with Gasteiger partial charge in [-0.25, -0.2) is 0 Å². The Morgan fingerprint density at radius 2 is 2.03 bits per heavy atom. The van der Waals surface area contributed by atoms with Gasteiger partial charge in [-0.15, -0.1) is 11.3 Å². The first-order valence-corrected chi connectivity index (χ1v) is 11.1. The van der Waals surface area contributed by atoms with E-state index in [1.165, 1.54) is 11.3 Å². The molecule has 6 nitrogen and oxygen atoms in total. The van der Waals surface area contributed by atoms with E-state index in [0.717, 1.165) is 43.9 Å². The molecule has 7 heteroatoms. The van der Waals surface area contributed by atoms with Crippen molar-refractivity contribution in [3.05, 3.63) is 88.7 Å². The average molecular weight is 444 g/mol. The first-order chi connectivity index (χ1) is 15.7. The number of anilines is 1. The quantitative estimate of drug-likeness (QED) is 0.241. The SMILES string of the molecule is COc1ccc(CNc2sc3cnccc3c2C(=O)c2ccc3c(c2)CC/C3=N\O)cc1. The number of hydrogen-bond donors (Lipinski definition) is 2. The van der Waals surface area contributed by atoms with Crippen LogP contribution in [0.3, 0.4) is 0 Å². The molecule has 2 heterocycles. The van der Waals surface area contributed by atoms with Gasteiger partial charge in [0.15, 0.2) is 5.78 Å². The van der Waals surface area contributed by atoms with Gasteiger partial charge in [0.05, 0.1) is 23.1 Å². The lowest BCUT2D eigenvalue weighted by atomic mass is 9.98. The molecule has 0 radical (unpaired) electrons. The number of nitrogens with one attached hydrogen (secondary N) is 1. The van der Waals surface area contributed by atoms with Crippen molar-refractivity contribution < 1.29 is 14.7 Å². The Bertz CT molecular complexity index is 1340. The van der Waals surface area contributed by atoms with Crippen LogP contribution >= 0.6 is 11.3 Å². The zero-order valence-corrected chi connectivity index (χ0v) is 18.3. The molecular weight excluding hydrogens is 422 g/mol. The molecule has 1 aliphatic carbocycles. The van der Waals surface area contributed by atoms with Crippen LogP contribution in [0.1, 0.15) is 39.0 Å². The highest BCUT2D eigenvalue weighted by Crippen LogP contribution is 2.37. The molecule has 160 valence electrons. The number of methoxy groups -OCH3 is 1. The minimum atomic E-state index is -0.0307. The highest BCUT2D eigenvalue weighted by molar-refractivity contribution is 7.23. The van der Waals surface area contributed by atoms with Gasteiger partial charge in [0.2, 0.25) is 0 Å². The van der Waals surface area contributed by atoms with Gasteiger partial charge in [-0.05, 0) is 48.2 Å². The zero-order chi connectivity index (χ0) is 22.1. The lowest BCUT2D eigenvalue weighted by Gasteiger charge is -2.09. The fourth-order valence-electron chi connectivity index (χ4n) is 4.09. The molecule has 0 aliphatic heterocycles. The molecule has 4 aromatic rings. The van der Waals surface area contributed by atoms with Gasteiger partial charge in [-0.3, -0.25) is 9.78 Å². The van der Waals surface area contributed by atoms with Crippen LogP contribution in [-0.4, -0.2) is 28.8 Å². The second-order valence-electron chi connectivity index (χ2n) is 7.63. The van der Waals surface area contributed by atoms with Gasteiger partial charge in [-0.2, -0.15) is 0 Å². The molecule has 2 aromatic heterocycles. The Labute approximate surface area is 189 Å². The number of aromatic nitrogens is 1. The first-order valence-electron chi connectivity index (χ1n) is 10.3. The fraction of sp³-hybridized carbons (Fsp3) is 0.160. The third-order valence-corrected chi connectivity index (χ3v) is 6.86. The molecule has 1 aliphatic rings. The Morgan fingerprint density at radius 3 is 2.81 bits per heavy atom. The van der Waals surface area contributed by atoms with Crippen molar-refractivity contribution in [3.63, 3.8) is 0 Å². The summed E-state index contributed by atoms with van der Waals surface area (Å²) in [6.07, 6.45) is 4.96. The van der Waals surface area contributed by atoms with Crippen molar-refractivity contribution in [2.45, 2.75) is 19.4 Å². The number of oxime groups is 1. The summed E-state index contributed by atoms with van der Waals surface area (Å²) in [5.41, 5.74) is 5.02. The summed E-state index contributed by atoms with van der Waals surface area (Å²) in [4.78, 5) is 17.9. The number of carbonyl (C=O) groups excluding carboxylic acids is 1. The molecule has 32 heavy (non-hydrogen) atoms. The number of pyridine rings is 1. The minimum Gasteiger partial charge on any atom is -0.497 e. The van der Waals surface area contributed by atoms with Crippen LogP contribution in [0.25, 0.3) is 10.1 Å². The van der Waals surface area contributed by atoms with Gasteiger partial charge in [0, 0.05) is 35.5 Å². The normalized spacial score (nSPS) is 14.0. The van der Waals surface area contributed by atoms with Crippen molar-refractivity contribution in [1.29, 1.82) is 0 Å². The van der Waals surface area contributed by atoms with Crippen molar-refractivity contribution >= 4 is 37.9 Å². The lowest BCUT2D eigenvalue weighted by Crippen LogP contribution is -2.07. The molecule has 0 saturated heterocycles. The van der Waals surface area contributed by atoms with Crippen molar-refractivity contribution in [2.24, 2.45) is 5.16 Å². The van der Waals surface area contributed by atoms with Crippen LogP contribution in [0.15, 0.2) is 66.1 Å². The monoisotopic (exact) mass is 443 g/mol. The molecule has 0 saturated carbocycles. The predicted octanol–water partition coefficient (Wildman–Crippen LogP) is 5.27. The summed E-state index contributed by atoms with van der Waals surface area (Å²) in [5.74, 6) is 0.778. The third kappa shape index (κ3) is 3.61. The number of hydrogen-bond acceptors (Lipinski definition) is 7. The highest BCUT2D eigenvalue weighted by atomic mass is 32.1. The summed E-state index contributed by atoms with van der Waals surface area (Å²) < 4.78 is 6.19. The number of thiophene rings is 1. The predicted molar refractivity (Wildman–Crippen MR) is 126 cm³/mol. The van der Waals surface area contributed by atoms with E-state index in [1.807, 2.05) is 48.5 Å². The maximum atomic E-state index is 13.6. The molecule has 2 N–H and O–H groups in total. The third-order valence-electron chi connectivity index (χ3n) is 5.76. The highest BCUT2D eigenvalue weighted by Gasteiger charge is 2.24. The number of nitrogens with zero attached hydrogens (tertiary/aromatic N) is 2. The lowest BCUT2D eigenvalue weighted by molar-refractivity contribution is 0.104. The van der Waals surface area contributed by atoms with Crippen molar-refractivity contribution in [1.82, 2.24) is 4.98 Å². The smallest absolute Gasteiger partial charge is 0.196 e. The first kappa shape index (κ1) is 20.2. The molecule has 0 unspecified atom stereocenters. The average Bonchev–Trinajstić information content (AvgIpc) is 3.43. The van der Waals surface area contributed by atoms with Crippen LogP contribution in [-0.2, 0) is 13.0 Å². The molecule has 0 fully saturated rings. The largest absolute Gasteiger partial charge is 0.497 e. The maximum absolute atomic E-state index is 13.6. The van der Waals surface area contributed by atoms with Crippen LogP contribution in [0.4, 0.5) is 5.00 Å². The van der Waals surface area contributed by atoms with E-state index in [4.69, 9.17) is 4.74 Å². The van der Waals surface area contributed by atoms with Crippen LogP contribution < -0.4 is 10.1 Å². The second-order valence-corrected chi connectivity index (χ2v) is 8.68. The summed E-state index contributed by atoms with van der Waals surface area (Å²) in [5, 5.41) is 17.7. The van der Waals surface area contributed by atoms with E-state index in [0.29, 0.717) is 29.8 Å². The summed E-state index contributed by atoms with van der Waals surface area (Å²) in [6, 6.07) is 15.4. The number of benzene rings is 2. The minimum absolute atomic E-state index is 0.0307. The van der Waals surface area contributed by atoms with Crippen molar-refractivity contribution in [3.8, 4) is 5.75 Å². The number of rotatable bonds is 6. The second kappa shape index (κ2) is 8.43. The van der Waals surface area contributed by atoms with Crippen LogP contribution in [0.5, 0.6) is 5.75 Å². The summed E-state index contributed by atoms with van der Waals surface area (Å²) in [7, 11) is 1.65. The Hall–Kier alpha value is -3.71. The molecule has 5 rings (SSSR count). The van der Waals surface area contributed by atoms with Gasteiger partial charge in [-0.1, -0.05) is 29.4 Å². The molecular formula is C25H21N3O3S. The number of aryl methyl sites for hydroxylation is 1. The molecule has 0 amide bonds. The summed E-state index contributed by atoms with van der Waals surface area (Å²) in [6.45, 7) is 0.588. The van der Waals surface area contributed by atoms with E-state index in [1.54, 1.807) is 19.5 Å². The van der Waals surface area contributed by atoms with E-state index >= 15 is 0 Å². The molecule has 0 atom stereocenters. The van der Waals surface area contributed by atoms with Crippen LogP contribution in [0, 0.1) is 0 Å². The molecule has 2 aromatic carbocycles. The van der Waals surface area contributed by atoms with Crippen LogP contribution in [0.2, 0.25) is 0 Å². The number of ether oxygens (including phenoxy) is 1. The van der Waals surface area contributed by atoms with E-state index in [-0.39, 0.29) is 5.78 Å². The van der Waals surface area contributed by atoms with E-state index in [2.05, 4.69) is 15.5 Å². The standard InChI is InChI=1S/C25H21N3O3S/c1-31-18-6-2-15(3-7-18)13-27-25-23(20-10-11-26-14-22(20)32-25)24(29)17-4-8-19-16(12-17)5-9-21(19)28-30/h2-4,6-8,10-12,14,27,30H,5,9,13H2,1H3/b28-21+. The Balaban J connectivity index is 1.49. The fourth-order valence-corrected chi connectivity index (χ4v) is 5.15. The Kier molecular flexibility index (Phi) is 5.33. The molecule has 0 bridgehead atoms. The van der Waals surface area contributed by atoms with Gasteiger partial charge in [0.25, 0.3) is 0 Å². The maximum Gasteiger partial charge on any atom is 0.196 e. The number of fused-ring (bicyclic) bond motifs is 2. The number of carbonyl (C=O) groups is 1. The Morgan fingerprint density at radius 1 is 1.19 bits per heavy atom. The van der Waals surface area contributed by atoms with Crippen molar-refractivity contribution in [2.75, 3.05) is 12.4 Å². The number of ketones is 1. The zero-order valence-electron chi connectivity index (χ0n) is 17.5. The molecule has 0 spiro atoms. The summed E-state index contributed by atoms with van der Waals surface area (Å²) >= 11 is 1.53. The van der Waals surface area contributed by atoms with E-state index in [9.17, 15) is 10.0 Å². The van der Waals surface area contributed by atoms with Gasteiger partial charge >= 0.3 is 0 Å².